The Hall–Kier alpha value is -5.50. The Bertz CT molecular complexity index is 2180. The number of alkyl halides is 1. The van der Waals surface area contributed by atoms with Crippen molar-refractivity contribution in [2.75, 3.05) is 21.5 Å². The van der Waals surface area contributed by atoms with Crippen molar-refractivity contribution in [3.8, 4) is 5.75 Å². The molecule has 1 unspecified atom stereocenters. The van der Waals surface area contributed by atoms with Crippen LogP contribution in [-0.2, 0) is 9.59 Å². The number of carbonyl (C=O) groups is 2. The third kappa shape index (κ3) is 4.22. The number of amides is 2. The summed E-state index contributed by atoms with van der Waals surface area (Å²) in [6, 6.07) is 25.5. The van der Waals surface area contributed by atoms with Gasteiger partial charge in [-0.2, -0.15) is 0 Å². The van der Waals surface area contributed by atoms with Gasteiger partial charge in [0.15, 0.2) is 0 Å². The summed E-state index contributed by atoms with van der Waals surface area (Å²) in [4.78, 5) is 42.6. The molecule has 43 heavy (non-hydrogen) atoms. The number of anilines is 3. The molecule has 0 saturated carbocycles. The minimum atomic E-state index is -0.492. The number of hydrogen-bond acceptors (Lipinski definition) is 5. The van der Waals surface area contributed by atoms with Crippen molar-refractivity contribution in [3.63, 3.8) is 0 Å². The fourth-order valence-electron chi connectivity index (χ4n) is 5.97. The van der Waals surface area contributed by atoms with Gasteiger partial charge in [-0.1, -0.05) is 42.5 Å². The Balaban J connectivity index is 1.37. The number of hydrogen-bond donors (Lipinski definition) is 4. The van der Waals surface area contributed by atoms with E-state index < -0.39 is 11.8 Å². The summed E-state index contributed by atoms with van der Waals surface area (Å²) in [6.45, 7) is 1.43. The van der Waals surface area contributed by atoms with Gasteiger partial charge in [-0.05, 0) is 47.3 Å². The van der Waals surface area contributed by atoms with E-state index in [1.165, 1.54) is 6.92 Å². The number of phenols is 1. The number of aromatic nitrogens is 2. The van der Waals surface area contributed by atoms with Gasteiger partial charge >= 0.3 is 0 Å². The Morgan fingerprint density at radius 2 is 1.74 bits per heavy atom. The summed E-state index contributed by atoms with van der Waals surface area (Å²) >= 11 is 6.47. The Labute approximate surface area is 249 Å². The highest BCUT2D eigenvalue weighted by Crippen LogP contribution is 2.52. The molecule has 2 aromatic heterocycles. The van der Waals surface area contributed by atoms with E-state index >= 15 is 0 Å². The first-order valence-corrected chi connectivity index (χ1v) is 14.1. The summed E-state index contributed by atoms with van der Waals surface area (Å²) in [6.07, 6.45) is 0. The lowest BCUT2D eigenvalue weighted by Gasteiger charge is -2.23. The van der Waals surface area contributed by atoms with Gasteiger partial charge in [0.2, 0.25) is 5.91 Å². The van der Waals surface area contributed by atoms with Crippen LogP contribution < -0.4 is 15.6 Å². The molecule has 0 aliphatic carbocycles. The largest absolute Gasteiger partial charge is 0.507 e. The van der Waals surface area contributed by atoms with E-state index in [1.54, 1.807) is 39.9 Å². The second kappa shape index (κ2) is 10.1. The maximum absolute atomic E-state index is 13.7. The van der Waals surface area contributed by atoms with Crippen LogP contribution in [-0.4, -0.2) is 38.4 Å². The lowest BCUT2D eigenvalue weighted by atomic mass is 9.94. The third-order valence-electron chi connectivity index (χ3n) is 7.78. The SMILES string of the molecule is CC(=O)Nc1ccc2[nH]c(C(=O)Nn3c(N4C(=C=O)C(CCl)c5c4cc(O)c4ccccc54)cc4ccccc43)cc2c1. The van der Waals surface area contributed by atoms with Crippen molar-refractivity contribution in [2.45, 2.75) is 12.8 Å². The number of fused-ring (bicyclic) bond motifs is 5. The number of para-hydroxylation sites is 1. The summed E-state index contributed by atoms with van der Waals surface area (Å²) in [7, 11) is 0. The standard InChI is InChI=1S/C33H24ClN5O4/c1-18(41)35-21-10-11-25-20(12-21)13-26(36-25)33(43)37-39-27-9-5-2-6-19(27)14-31(39)38-28-15-30(42)22-7-3-4-8-23(22)32(28)24(16-34)29(38)17-40/h2-15,24,36,42H,16H2,1H3,(H,35,41)(H,37,43). The number of rotatable bonds is 5. The Kier molecular flexibility index (Phi) is 6.20. The first-order valence-electron chi connectivity index (χ1n) is 13.6. The highest BCUT2D eigenvalue weighted by Gasteiger charge is 2.39. The summed E-state index contributed by atoms with van der Waals surface area (Å²) in [5.41, 5.74) is 6.99. The molecule has 4 N–H and O–H groups in total. The molecule has 1 aliphatic heterocycles. The first kappa shape index (κ1) is 26.4. The van der Waals surface area contributed by atoms with Crippen LogP contribution in [0.4, 0.5) is 17.2 Å². The minimum absolute atomic E-state index is 0.0585. The summed E-state index contributed by atoms with van der Waals surface area (Å²) in [5.74, 6) is 1.64. The number of H-pyrrole nitrogens is 1. The molecule has 0 fully saturated rings. The second-order valence-electron chi connectivity index (χ2n) is 10.4. The van der Waals surface area contributed by atoms with Crippen molar-refractivity contribution in [1.82, 2.24) is 9.66 Å². The quantitative estimate of drug-likeness (QED) is 0.135. The van der Waals surface area contributed by atoms with Crippen molar-refractivity contribution >= 4 is 79.1 Å². The second-order valence-corrected chi connectivity index (χ2v) is 10.7. The van der Waals surface area contributed by atoms with Crippen molar-refractivity contribution < 1.29 is 19.5 Å². The molecule has 10 heteroatoms. The molecule has 0 radical (unpaired) electrons. The topological polar surface area (TPSA) is 119 Å². The fourth-order valence-corrected chi connectivity index (χ4v) is 6.27. The predicted octanol–water partition coefficient (Wildman–Crippen LogP) is 6.51. The number of aromatic hydroxyl groups is 1. The summed E-state index contributed by atoms with van der Waals surface area (Å²) in [5, 5.41) is 16.7. The van der Waals surface area contributed by atoms with E-state index in [4.69, 9.17) is 11.6 Å². The zero-order chi connectivity index (χ0) is 29.8. The molecule has 1 aliphatic rings. The van der Waals surface area contributed by atoms with Gasteiger partial charge in [0.1, 0.15) is 28.9 Å². The number of benzene rings is 4. The number of nitrogens with one attached hydrogen (secondary N) is 3. The zero-order valence-corrected chi connectivity index (χ0v) is 23.6. The first-order chi connectivity index (χ1) is 20.9. The van der Waals surface area contributed by atoms with Gasteiger partial charge in [0.25, 0.3) is 5.91 Å². The predicted molar refractivity (Wildman–Crippen MR) is 169 cm³/mol. The van der Waals surface area contributed by atoms with Crippen molar-refractivity contribution in [2.24, 2.45) is 0 Å². The van der Waals surface area contributed by atoms with Gasteiger partial charge in [0.05, 0.1) is 17.1 Å². The molecule has 0 spiro atoms. The van der Waals surface area contributed by atoms with Crippen LogP contribution in [0, 0.1) is 0 Å². The van der Waals surface area contributed by atoms with Gasteiger partial charge in [-0.25, -0.2) is 9.47 Å². The number of nitrogens with zero attached hydrogens (tertiary/aromatic N) is 2. The average molecular weight is 590 g/mol. The number of allylic oxidation sites excluding steroid dienone is 1. The third-order valence-corrected chi connectivity index (χ3v) is 8.09. The fraction of sp³-hybridized carbons (Fsp3) is 0.0909. The maximum Gasteiger partial charge on any atom is 0.286 e. The van der Waals surface area contributed by atoms with Crippen LogP contribution >= 0.6 is 11.6 Å². The lowest BCUT2D eigenvalue weighted by Crippen LogP contribution is -2.27. The molecule has 4 aromatic carbocycles. The summed E-state index contributed by atoms with van der Waals surface area (Å²) < 4.78 is 1.62. The van der Waals surface area contributed by atoms with Gasteiger partial charge in [0, 0.05) is 46.2 Å². The molecule has 212 valence electrons. The molecule has 0 bridgehead atoms. The van der Waals surface area contributed by atoms with Crippen LogP contribution in [0.1, 0.15) is 28.9 Å². The molecule has 2 amide bonds. The van der Waals surface area contributed by atoms with E-state index in [0.717, 1.165) is 27.2 Å². The van der Waals surface area contributed by atoms with Gasteiger partial charge in [-0.3, -0.25) is 19.9 Å². The molecular formula is C33H24ClN5O4. The zero-order valence-electron chi connectivity index (χ0n) is 22.8. The number of halogens is 1. The van der Waals surface area contributed by atoms with E-state index in [9.17, 15) is 19.5 Å². The van der Waals surface area contributed by atoms with Crippen LogP contribution in [0.3, 0.4) is 0 Å². The molecule has 9 nitrogen and oxygen atoms in total. The van der Waals surface area contributed by atoms with Crippen LogP contribution in [0.2, 0.25) is 0 Å². The molecule has 0 saturated heterocycles. The van der Waals surface area contributed by atoms with Crippen LogP contribution in [0.25, 0.3) is 32.6 Å². The van der Waals surface area contributed by atoms with E-state index in [0.29, 0.717) is 33.8 Å². The molecule has 3 heterocycles. The van der Waals surface area contributed by atoms with Gasteiger partial charge < -0.3 is 15.4 Å². The molecule has 6 aromatic rings. The Morgan fingerprint density at radius 1 is 0.977 bits per heavy atom. The smallest absolute Gasteiger partial charge is 0.286 e. The Morgan fingerprint density at radius 3 is 2.51 bits per heavy atom. The molecule has 7 rings (SSSR count). The highest BCUT2D eigenvalue weighted by molar-refractivity contribution is 6.19. The number of carbonyl (C=O) groups excluding carboxylic acids is 3. The van der Waals surface area contributed by atoms with Crippen LogP contribution in [0.15, 0.2) is 90.6 Å². The van der Waals surface area contributed by atoms with E-state index in [1.807, 2.05) is 54.6 Å². The number of phenolic OH excluding ortho intramolecular Hbond substituents is 1. The van der Waals surface area contributed by atoms with Crippen molar-refractivity contribution in [3.05, 3.63) is 102 Å². The van der Waals surface area contributed by atoms with Crippen molar-refractivity contribution in [1.29, 1.82) is 0 Å². The highest BCUT2D eigenvalue weighted by atomic mass is 35.5. The van der Waals surface area contributed by atoms with E-state index in [2.05, 4.69) is 21.7 Å². The average Bonchev–Trinajstić information content (AvgIpc) is 3.68. The number of aromatic amines is 1. The molecule has 1 atom stereocenters. The van der Waals surface area contributed by atoms with Gasteiger partial charge in [-0.15, -0.1) is 11.6 Å². The molecular weight excluding hydrogens is 566 g/mol. The van der Waals surface area contributed by atoms with Crippen LogP contribution in [0.5, 0.6) is 5.75 Å². The minimum Gasteiger partial charge on any atom is -0.507 e. The lowest BCUT2D eigenvalue weighted by molar-refractivity contribution is -0.114. The maximum atomic E-state index is 13.7. The normalized spacial score (nSPS) is 14.3. The monoisotopic (exact) mass is 589 g/mol. The van der Waals surface area contributed by atoms with E-state index in [-0.39, 0.29) is 23.2 Å².